The van der Waals surface area contributed by atoms with Gasteiger partial charge in [0.25, 0.3) is 0 Å². The molecule has 1 atom stereocenters. The number of phenolic OH excluding ortho intramolecular Hbond substituents is 1. The monoisotopic (exact) mass is 519 g/mol. The number of phenols is 1. The third-order valence-electron chi connectivity index (χ3n) is 5.87. The molecule has 174 valence electrons. The molecule has 1 aliphatic rings. The number of para-hydroxylation sites is 1. The number of aromatic nitrogens is 3. The summed E-state index contributed by atoms with van der Waals surface area (Å²) in [5.41, 5.74) is 1.37. The number of benzene rings is 1. The highest BCUT2D eigenvalue weighted by Gasteiger charge is 2.23. The number of thioether (sulfide) groups is 1. The second kappa shape index (κ2) is 12.5. The molecule has 2 aromatic rings. The van der Waals surface area contributed by atoms with Gasteiger partial charge in [0.2, 0.25) is 0 Å². The molecule has 1 fully saturated rings. The number of rotatable bonds is 8. The Morgan fingerprint density at radius 3 is 2.72 bits per heavy atom. The van der Waals surface area contributed by atoms with E-state index in [9.17, 15) is 5.11 Å². The largest absolute Gasteiger partial charge is 0.507 e. The van der Waals surface area contributed by atoms with Crippen LogP contribution in [0.1, 0.15) is 33.1 Å². The lowest BCUT2D eigenvalue weighted by molar-refractivity contribution is 0.164. The zero-order valence-electron chi connectivity index (χ0n) is 19.2. The van der Waals surface area contributed by atoms with Crippen LogP contribution in [0.2, 0.25) is 0 Å². The predicted molar refractivity (Wildman–Crippen MR) is 139 cm³/mol. The number of piperidine rings is 1. The Labute approximate surface area is 204 Å². The van der Waals surface area contributed by atoms with Crippen molar-refractivity contribution in [2.24, 2.45) is 7.05 Å². The second-order valence-electron chi connectivity index (χ2n) is 8.13. The fraction of sp³-hybridized carbons (Fsp3) is 0.500. The molecule has 0 radical (unpaired) electrons. The zero-order valence-corrected chi connectivity index (χ0v) is 21.6. The van der Waals surface area contributed by atoms with Crippen molar-refractivity contribution >= 4 is 33.5 Å². The van der Waals surface area contributed by atoms with Crippen molar-refractivity contribution < 1.29 is 5.11 Å². The summed E-state index contributed by atoms with van der Waals surface area (Å²) in [5.74, 6) is 3.51. The molecule has 8 heteroatoms. The Balaban J connectivity index is 1.78. The van der Waals surface area contributed by atoms with Crippen molar-refractivity contribution in [1.29, 1.82) is 0 Å². The van der Waals surface area contributed by atoms with Crippen molar-refractivity contribution in [3.05, 3.63) is 47.2 Å². The van der Waals surface area contributed by atoms with Gasteiger partial charge in [-0.15, -0.1) is 0 Å². The fourth-order valence-corrected chi connectivity index (χ4v) is 4.87. The molecule has 1 aromatic carbocycles. The van der Waals surface area contributed by atoms with E-state index in [0.29, 0.717) is 23.3 Å². The minimum Gasteiger partial charge on any atom is -0.507 e. The number of anilines is 1. The Bertz CT molecular complexity index is 928. The molecule has 3 rings (SSSR count). The molecular weight excluding hydrogens is 486 g/mol. The van der Waals surface area contributed by atoms with E-state index in [0.717, 1.165) is 36.2 Å². The van der Waals surface area contributed by atoms with Crippen LogP contribution in [-0.4, -0.2) is 61.4 Å². The number of aromatic hydroxyl groups is 1. The van der Waals surface area contributed by atoms with Gasteiger partial charge >= 0.3 is 0 Å². The van der Waals surface area contributed by atoms with E-state index in [-0.39, 0.29) is 5.75 Å². The summed E-state index contributed by atoms with van der Waals surface area (Å²) < 4.78 is 2.59. The number of nitrogens with zero attached hydrogens (tertiary/aromatic N) is 4. The maximum atomic E-state index is 10.4. The van der Waals surface area contributed by atoms with E-state index in [1.165, 1.54) is 17.9 Å². The van der Waals surface area contributed by atoms with Crippen molar-refractivity contribution in [2.45, 2.75) is 45.2 Å². The average Bonchev–Trinajstić information content (AvgIpc) is 2.86. The van der Waals surface area contributed by atoms with Crippen LogP contribution >= 0.6 is 27.7 Å². The van der Waals surface area contributed by atoms with Gasteiger partial charge in [-0.25, -0.2) is 0 Å². The highest BCUT2D eigenvalue weighted by atomic mass is 79.9. The van der Waals surface area contributed by atoms with Gasteiger partial charge in [-0.2, -0.15) is 16.9 Å². The van der Waals surface area contributed by atoms with Crippen LogP contribution in [0, 0.1) is 0 Å². The van der Waals surface area contributed by atoms with Gasteiger partial charge in [-0.1, -0.05) is 19.1 Å². The van der Waals surface area contributed by atoms with Crippen LogP contribution in [-0.2, 0) is 7.05 Å². The number of nitrogens with one attached hydrogen (secondary N) is 1. The van der Waals surface area contributed by atoms with Crippen molar-refractivity contribution in [2.75, 3.05) is 29.9 Å². The number of hydrogen-bond donors (Lipinski definition) is 2. The number of likely N-dealkylation sites (tertiary alicyclic amines) is 1. The van der Waals surface area contributed by atoms with Crippen molar-refractivity contribution in [3.63, 3.8) is 0 Å². The van der Waals surface area contributed by atoms with Gasteiger partial charge in [-0.05, 0) is 65.8 Å². The molecule has 0 aliphatic carbocycles. The molecule has 0 spiro atoms. The molecule has 0 amide bonds. The molecule has 2 N–H and O–H groups in total. The summed E-state index contributed by atoms with van der Waals surface area (Å²) in [7, 11) is 1.92. The molecule has 1 aliphatic heterocycles. The van der Waals surface area contributed by atoms with Crippen LogP contribution in [0.15, 0.2) is 47.2 Å². The number of aryl methyl sites for hydroxylation is 1. The number of hydrogen-bond acceptors (Lipinski definition) is 6. The van der Waals surface area contributed by atoms with Gasteiger partial charge in [-0.3, -0.25) is 9.67 Å². The summed E-state index contributed by atoms with van der Waals surface area (Å²) >= 11 is 5.51. The van der Waals surface area contributed by atoms with Crippen LogP contribution in [0.5, 0.6) is 5.75 Å². The lowest BCUT2D eigenvalue weighted by atomic mass is 10.0. The third-order valence-corrected chi connectivity index (χ3v) is 7.21. The topological polar surface area (TPSA) is 66.2 Å². The molecule has 1 unspecified atom stereocenters. The highest BCUT2D eigenvalue weighted by Crippen LogP contribution is 2.28. The minimum atomic E-state index is 0.206. The van der Waals surface area contributed by atoms with Crippen molar-refractivity contribution in [1.82, 2.24) is 19.7 Å². The van der Waals surface area contributed by atoms with Crippen LogP contribution in [0.4, 0.5) is 5.82 Å². The Kier molecular flexibility index (Phi) is 9.69. The van der Waals surface area contributed by atoms with E-state index in [1.807, 2.05) is 47.8 Å². The van der Waals surface area contributed by atoms with Crippen LogP contribution in [0.25, 0.3) is 11.3 Å². The van der Waals surface area contributed by atoms with E-state index < -0.39 is 0 Å². The molecule has 1 aromatic heterocycles. The average molecular weight is 521 g/mol. The Hall–Kier alpha value is -1.77. The van der Waals surface area contributed by atoms with Crippen molar-refractivity contribution in [3.8, 4) is 17.0 Å². The minimum absolute atomic E-state index is 0.206. The Morgan fingerprint density at radius 2 is 2.00 bits per heavy atom. The van der Waals surface area contributed by atoms with Gasteiger partial charge in [0.1, 0.15) is 11.6 Å². The van der Waals surface area contributed by atoms with Gasteiger partial charge in [0.15, 0.2) is 0 Å². The number of halogens is 1. The van der Waals surface area contributed by atoms with E-state index in [1.54, 1.807) is 18.5 Å². The first-order valence-corrected chi connectivity index (χ1v) is 13.2. The first-order chi connectivity index (χ1) is 15.5. The molecule has 6 nitrogen and oxygen atoms in total. The third kappa shape index (κ3) is 7.12. The van der Waals surface area contributed by atoms with E-state index in [2.05, 4.69) is 50.1 Å². The lowest BCUT2D eigenvalue weighted by Gasteiger charge is -2.36. The van der Waals surface area contributed by atoms with Crippen LogP contribution < -0.4 is 5.32 Å². The van der Waals surface area contributed by atoms with Gasteiger partial charge in [0, 0.05) is 50.0 Å². The van der Waals surface area contributed by atoms with E-state index in [4.69, 9.17) is 0 Å². The summed E-state index contributed by atoms with van der Waals surface area (Å²) in [6.07, 6.45) is 6.86. The highest BCUT2D eigenvalue weighted by molar-refractivity contribution is 9.10. The first kappa shape index (κ1) is 24.9. The predicted octanol–water partition coefficient (Wildman–Crippen LogP) is 5.48. The first-order valence-electron chi connectivity index (χ1n) is 11.3. The summed E-state index contributed by atoms with van der Waals surface area (Å²) in [5, 5.41) is 18.6. The maximum absolute atomic E-state index is 10.4. The molecule has 32 heavy (non-hydrogen) atoms. The van der Waals surface area contributed by atoms with Gasteiger partial charge < -0.3 is 15.3 Å². The quantitative estimate of drug-likeness (QED) is 0.450. The summed E-state index contributed by atoms with van der Waals surface area (Å²) in [6.45, 7) is 6.78. The normalized spacial score (nSPS) is 15.9. The molecular formula is C24H34BrN5OS. The lowest BCUT2D eigenvalue weighted by Crippen LogP contribution is -2.44. The summed E-state index contributed by atoms with van der Waals surface area (Å²) in [6, 6.07) is 10.2. The molecule has 0 bridgehead atoms. The zero-order chi connectivity index (χ0) is 22.9. The molecule has 2 heterocycles. The molecule has 1 saturated heterocycles. The standard InChI is InChI=1S/C24H34BrN5OS/c1-4-32-14-11-18(2)30-12-9-20(10-13-30)28-24-15-22(21-7-5-6-8-23(21)31)26-16-19(25)17-27-29(24)3/h5-8,15-18,20,28,31H,4,9-14H2,1-3H3. The van der Waals surface area contributed by atoms with E-state index >= 15 is 0 Å². The summed E-state index contributed by atoms with van der Waals surface area (Å²) in [4.78, 5) is 7.22. The fourth-order valence-electron chi connectivity index (χ4n) is 3.88. The maximum Gasteiger partial charge on any atom is 0.124 e. The molecule has 0 saturated carbocycles. The second-order valence-corrected chi connectivity index (χ2v) is 10.4. The smallest absolute Gasteiger partial charge is 0.124 e. The SMILES string of the molecule is CCSCCC(C)N1CCC(Nc2cc(-c3ccccc3O)ncc(Br)cnn2C)CC1. The van der Waals surface area contributed by atoms with Crippen LogP contribution in [0.3, 0.4) is 0 Å². The van der Waals surface area contributed by atoms with Gasteiger partial charge in [0.05, 0.1) is 16.4 Å². The Morgan fingerprint density at radius 1 is 1.25 bits per heavy atom.